The maximum absolute atomic E-state index is 10.9. The van der Waals surface area contributed by atoms with Crippen LogP contribution >= 0.6 is 15.9 Å². The molecule has 0 aliphatic carbocycles. The number of benzene rings is 2. The molecule has 0 spiro atoms. The summed E-state index contributed by atoms with van der Waals surface area (Å²) < 4.78 is 1.07. The number of hydrogen-bond acceptors (Lipinski definition) is 2. The summed E-state index contributed by atoms with van der Waals surface area (Å²) in [6.07, 6.45) is 0. The average Bonchev–Trinajstić information content (AvgIpc) is 2.40. The van der Waals surface area contributed by atoms with E-state index in [9.17, 15) is 4.79 Å². The Morgan fingerprint density at radius 1 is 1.26 bits per heavy atom. The van der Waals surface area contributed by atoms with E-state index < -0.39 is 5.97 Å². The summed E-state index contributed by atoms with van der Waals surface area (Å²) in [5, 5.41) is 12.2. The van der Waals surface area contributed by atoms with E-state index in [-0.39, 0.29) is 0 Å². The lowest BCUT2D eigenvalue weighted by Crippen LogP contribution is -2.02. The Hall–Kier alpha value is -1.81. The molecule has 0 bridgehead atoms. The van der Waals surface area contributed by atoms with Crippen LogP contribution in [0, 0.1) is 6.92 Å². The molecule has 3 nitrogen and oxygen atoms in total. The summed E-state index contributed by atoms with van der Waals surface area (Å²) in [7, 11) is 0. The molecule has 19 heavy (non-hydrogen) atoms. The predicted molar refractivity (Wildman–Crippen MR) is 79.6 cm³/mol. The standard InChI is InChI=1S/C15H14BrNO2/c1-10-7-13(5-6-14(10)16)17-9-11-3-2-4-12(8-11)15(18)19/h2-8,17H,9H2,1H3,(H,18,19). The van der Waals surface area contributed by atoms with Crippen molar-refractivity contribution in [2.24, 2.45) is 0 Å². The van der Waals surface area contributed by atoms with Crippen LogP contribution in [0.1, 0.15) is 21.5 Å². The van der Waals surface area contributed by atoms with Crippen LogP contribution in [-0.4, -0.2) is 11.1 Å². The van der Waals surface area contributed by atoms with Gasteiger partial charge in [0.2, 0.25) is 0 Å². The summed E-state index contributed by atoms with van der Waals surface area (Å²) in [5.74, 6) is -0.902. The molecular weight excluding hydrogens is 306 g/mol. The van der Waals surface area contributed by atoms with Crippen molar-refractivity contribution in [1.29, 1.82) is 0 Å². The van der Waals surface area contributed by atoms with Crippen LogP contribution in [0.3, 0.4) is 0 Å². The zero-order chi connectivity index (χ0) is 13.8. The Kier molecular flexibility index (Phi) is 4.22. The number of anilines is 1. The number of carboxylic acids is 1. The maximum atomic E-state index is 10.9. The molecule has 0 atom stereocenters. The van der Waals surface area contributed by atoms with E-state index in [0.717, 1.165) is 21.3 Å². The molecule has 0 amide bonds. The smallest absolute Gasteiger partial charge is 0.335 e. The minimum Gasteiger partial charge on any atom is -0.478 e. The van der Waals surface area contributed by atoms with Crippen LogP contribution in [0.25, 0.3) is 0 Å². The SMILES string of the molecule is Cc1cc(NCc2cccc(C(=O)O)c2)ccc1Br. The van der Waals surface area contributed by atoms with E-state index in [1.807, 2.05) is 31.2 Å². The Bertz CT molecular complexity index is 611. The molecule has 2 N–H and O–H groups in total. The topological polar surface area (TPSA) is 49.3 Å². The van der Waals surface area contributed by atoms with Crippen LogP contribution in [0.2, 0.25) is 0 Å². The summed E-state index contributed by atoms with van der Waals surface area (Å²) >= 11 is 3.46. The lowest BCUT2D eigenvalue weighted by Gasteiger charge is -2.08. The Labute approximate surface area is 120 Å². The molecule has 2 aromatic rings. The summed E-state index contributed by atoms with van der Waals surface area (Å²) in [6, 6.07) is 13.0. The highest BCUT2D eigenvalue weighted by atomic mass is 79.9. The average molecular weight is 320 g/mol. The van der Waals surface area contributed by atoms with Gasteiger partial charge in [0.05, 0.1) is 5.56 Å². The van der Waals surface area contributed by atoms with E-state index in [0.29, 0.717) is 12.1 Å². The fraction of sp³-hybridized carbons (Fsp3) is 0.133. The Morgan fingerprint density at radius 2 is 2.05 bits per heavy atom. The van der Waals surface area contributed by atoms with E-state index in [2.05, 4.69) is 21.2 Å². The van der Waals surface area contributed by atoms with Crippen molar-refractivity contribution in [2.45, 2.75) is 13.5 Å². The predicted octanol–water partition coefficient (Wildman–Crippen LogP) is 4.07. The number of nitrogens with one attached hydrogen (secondary N) is 1. The third-order valence-electron chi connectivity index (χ3n) is 2.83. The van der Waals surface area contributed by atoms with Gasteiger partial charge in [-0.15, -0.1) is 0 Å². The molecular formula is C15H14BrNO2. The minimum absolute atomic E-state index is 0.311. The second-order valence-corrected chi connectivity index (χ2v) is 5.18. The molecule has 0 aliphatic rings. The third kappa shape index (κ3) is 3.58. The highest BCUT2D eigenvalue weighted by molar-refractivity contribution is 9.10. The first-order chi connectivity index (χ1) is 9.06. The second kappa shape index (κ2) is 5.89. The molecule has 0 fully saturated rings. The monoisotopic (exact) mass is 319 g/mol. The summed E-state index contributed by atoms with van der Waals surface area (Å²) in [5.41, 5.74) is 3.43. The molecule has 2 rings (SSSR count). The van der Waals surface area contributed by atoms with Gasteiger partial charge in [0, 0.05) is 16.7 Å². The van der Waals surface area contributed by atoms with Gasteiger partial charge in [-0.3, -0.25) is 0 Å². The third-order valence-corrected chi connectivity index (χ3v) is 3.72. The van der Waals surface area contributed by atoms with Gasteiger partial charge in [0.15, 0.2) is 0 Å². The van der Waals surface area contributed by atoms with E-state index in [4.69, 9.17) is 5.11 Å². The summed E-state index contributed by atoms with van der Waals surface area (Å²) in [4.78, 5) is 10.9. The lowest BCUT2D eigenvalue weighted by molar-refractivity contribution is 0.0697. The van der Waals surface area contributed by atoms with Crippen molar-refractivity contribution in [3.63, 3.8) is 0 Å². The van der Waals surface area contributed by atoms with E-state index in [1.165, 1.54) is 0 Å². The first-order valence-corrected chi connectivity index (χ1v) is 6.68. The number of aromatic carboxylic acids is 1. The van der Waals surface area contributed by atoms with Gasteiger partial charge in [-0.2, -0.15) is 0 Å². The number of halogens is 1. The van der Waals surface area contributed by atoms with Crippen molar-refractivity contribution in [1.82, 2.24) is 0 Å². The molecule has 0 aromatic heterocycles. The quantitative estimate of drug-likeness (QED) is 0.893. The van der Waals surface area contributed by atoms with E-state index in [1.54, 1.807) is 18.2 Å². The molecule has 0 radical (unpaired) electrons. The number of aryl methyl sites for hydroxylation is 1. The molecule has 2 aromatic carbocycles. The zero-order valence-corrected chi connectivity index (χ0v) is 12.1. The normalized spacial score (nSPS) is 10.2. The minimum atomic E-state index is -0.902. The number of rotatable bonds is 4. The highest BCUT2D eigenvalue weighted by Crippen LogP contribution is 2.20. The fourth-order valence-corrected chi connectivity index (χ4v) is 2.02. The number of carbonyl (C=O) groups is 1. The maximum Gasteiger partial charge on any atom is 0.335 e. The van der Waals surface area contributed by atoms with Crippen LogP contribution in [-0.2, 0) is 6.54 Å². The molecule has 0 heterocycles. The molecule has 0 unspecified atom stereocenters. The van der Waals surface area contributed by atoms with Gasteiger partial charge in [-0.05, 0) is 48.4 Å². The first-order valence-electron chi connectivity index (χ1n) is 5.88. The van der Waals surface area contributed by atoms with Crippen LogP contribution < -0.4 is 5.32 Å². The van der Waals surface area contributed by atoms with Crippen LogP contribution in [0.4, 0.5) is 5.69 Å². The largest absolute Gasteiger partial charge is 0.478 e. The van der Waals surface area contributed by atoms with Crippen LogP contribution in [0.5, 0.6) is 0 Å². The molecule has 0 aliphatic heterocycles. The van der Waals surface area contributed by atoms with Gasteiger partial charge in [0.1, 0.15) is 0 Å². The second-order valence-electron chi connectivity index (χ2n) is 4.32. The molecule has 0 saturated carbocycles. The van der Waals surface area contributed by atoms with Crippen molar-refractivity contribution in [2.75, 3.05) is 5.32 Å². The number of hydrogen-bond donors (Lipinski definition) is 2. The zero-order valence-electron chi connectivity index (χ0n) is 10.5. The van der Waals surface area contributed by atoms with Gasteiger partial charge in [-0.1, -0.05) is 28.1 Å². The van der Waals surface area contributed by atoms with Crippen molar-refractivity contribution in [3.8, 4) is 0 Å². The van der Waals surface area contributed by atoms with Crippen LogP contribution in [0.15, 0.2) is 46.9 Å². The Balaban J connectivity index is 2.07. The lowest BCUT2D eigenvalue weighted by atomic mass is 10.1. The number of carboxylic acid groups (broad SMARTS) is 1. The molecule has 0 saturated heterocycles. The van der Waals surface area contributed by atoms with Gasteiger partial charge in [0.25, 0.3) is 0 Å². The van der Waals surface area contributed by atoms with Crippen molar-refractivity contribution < 1.29 is 9.90 Å². The van der Waals surface area contributed by atoms with Crippen molar-refractivity contribution in [3.05, 3.63) is 63.6 Å². The summed E-state index contributed by atoms with van der Waals surface area (Å²) in [6.45, 7) is 2.63. The van der Waals surface area contributed by atoms with Gasteiger partial charge >= 0.3 is 5.97 Å². The van der Waals surface area contributed by atoms with Crippen molar-refractivity contribution >= 4 is 27.6 Å². The van der Waals surface area contributed by atoms with E-state index >= 15 is 0 Å². The fourth-order valence-electron chi connectivity index (χ4n) is 1.77. The Morgan fingerprint density at radius 3 is 2.74 bits per heavy atom. The molecule has 4 heteroatoms. The van der Waals surface area contributed by atoms with Gasteiger partial charge < -0.3 is 10.4 Å². The van der Waals surface area contributed by atoms with Gasteiger partial charge in [-0.25, -0.2) is 4.79 Å². The highest BCUT2D eigenvalue weighted by Gasteiger charge is 2.03. The first kappa shape index (κ1) is 13.6. The molecule has 98 valence electrons.